The average Bonchev–Trinajstić information content (AvgIpc) is 3.33. The number of aromatic amines is 1. The van der Waals surface area contributed by atoms with Gasteiger partial charge in [-0.25, -0.2) is 4.98 Å². The highest BCUT2D eigenvalue weighted by Crippen LogP contribution is 2.39. The van der Waals surface area contributed by atoms with Crippen molar-refractivity contribution in [2.24, 2.45) is 0 Å². The Hall–Kier alpha value is -2.44. The fourth-order valence-electron chi connectivity index (χ4n) is 6.15. The highest BCUT2D eigenvalue weighted by Gasteiger charge is 2.39. The van der Waals surface area contributed by atoms with E-state index in [9.17, 15) is 0 Å². The molecule has 5 heterocycles. The largest absolute Gasteiger partial charge is 0.361 e. The van der Waals surface area contributed by atoms with Gasteiger partial charge in [0.05, 0.1) is 29.0 Å². The minimum atomic E-state index is 0. The fraction of sp³-hybridized carbons (Fsp3) is 0.538. The number of hydrogen-bond acceptors (Lipinski definition) is 5. The third-order valence-electron chi connectivity index (χ3n) is 7.55. The van der Waals surface area contributed by atoms with Gasteiger partial charge < -0.3 is 14.8 Å². The molecule has 2 unspecified atom stereocenters. The number of nitrogens with one attached hydrogen (secondary N) is 2. The topological polar surface area (TPSA) is 60.1 Å². The lowest BCUT2D eigenvalue weighted by atomic mass is 9.94. The standard InChI is InChI=1S/C25H32N6.CH4/c1-16-6-5-13-26-23(16)19-7-3-9-21(27-19)25-28-20-8-4-10-22(24(20)29-25)31-17-11-12-18(31)15-30(2)14-17;/h4-6,8,10,13,17-19,21,27H,3,7,9,11-12,14-15H2,1-2H3,(H,28,29);1H4/t17?,18?,19-,21+;/m0./s1. The van der Waals surface area contributed by atoms with Gasteiger partial charge in [0, 0.05) is 31.4 Å². The van der Waals surface area contributed by atoms with Crippen molar-refractivity contribution in [1.29, 1.82) is 0 Å². The number of hydrogen-bond donors (Lipinski definition) is 2. The van der Waals surface area contributed by atoms with Crippen LogP contribution in [0, 0.1) is 6.92 Å². The quantitative estimate of drug-likeness (QED) is 0.626. The van der Waals surface area contributed by atoms with E-state index >= 15 is 0 Å². The van der Waals surface area contributed by atoms with Gasteiger partial charge in [0.25, 0.3) is 0 Å². The monoisotopic (exact) mass is 432 g/mol. The maximum Gasteiger partial charge on any atom is 0.124 e. The lowest BCUT2D eigenvalue weighted by molar-refractivity contribution is 0.265. The highest BCUT2D eigenvalue weighted by molar-refractivity contribution is 5.89. The van der Waals surface area contributed by atoms with Gasteiger partial charge in [-0.1, -0.05) is 19.6 Å². The van der Waals surface area contributed by atoms with Crippen LogP contribution in [-0.2, 0) is 0 Å². The minimum Gasteiger partial charge on any atom is -0.361 e. The second kappa shape index (κ2) is 8.49. The van der Waals surface area contributed by atoms with Gasteiger partial charge in [-0.3, -0.25) is 10.3 Å². The van der Waals surface area contributed by atoms with Crippen LogP contribution in [0.2, 0.25) is 0 Å². The van der Waals surface area contributed by atoms with E-state index in [1.807, 2.05) is 12.3 Å². The molecule has 0 aliphatic carbocycles. The maximum atomic E-state index is 5.18. The summed E-state index contributed by atoms with van der Waals surface area (Å²) in [4.78, 5) is 18.7. The van der Waals surface area contributed by atoms with Crippen LogP contribution in [0.15, 0.2) is 36.5 Å². The van der Waals surface area contributed by atoms with Crippen molar-refractivity contribution in [1.82, 2.24) is 25.2 Å². The second-order valence-corrected chi connectivity index (χ2v) is 9.72. The zero-order valence-electron chi connectivity index (χ0n) is 18.5. The number of imidazole rings is 1. The number of pyridine rings is 1. The van der Waals surface area contributed by atoms with Crippen molar-refractivity contribution in [2.75, 3.05) is 25.0 Å². The number of likely N-dealkylation sites (tertiary alicyclic amines) is 1. The number of rotatable bonds is 3. The van der Waals surface area contributed by atoms with E-state index in [4.69, 9.17) is 4.98 Å². The Morgan fingerprint density at radius 1 is 0.969 bits per heavy atom. The van der Waals surface area contributed by atoms with Crippen molar-refractivity contribution < 1.29 is 0 Å². The molecular formula is C26H36N6. The Morgan fingerprint density at radius 2 is 1.75 bits per heavy atom. The number of para-hydroxylation sites is 1. The zero-order chi connectivity index (χ0) is 20.9. The third kappa shape index (κ3) is 3.59. The van der Waals surface area contributed by atoms with Crippen LogP contribution in [-0.4, -0.2) is 52.1 Å². The van der Waals surface area contributed by atoms with Crippen LogP contribution in [0.4, 0.5) is 5.69 Å². The van der Waals surface area contributed by atoms with Crippen LogP contribution in [0.3, 0.4) is 0 Å². The summed E-state index contributed by atoms with van der Waals surface area (Å²) in [5, 5.41) is 3.85. The van der Waals surface area contributed by atoms with Gasteiger partial charge in [0.15, 0.2) is 0 Å². The first-order valence-electron chi connectivity index (χ1n) is 11.8. The van der Waals surface area contributed by atoms with Crippen LogP contribution in [0.1, 0.15) is 68.7 Å². The smallest absolute Gasteiger partial charge is 0.124 e. The van der Waals surface area contributed by atoms with Crippen LogP contribution in [0.25, 0.3) is 11.0 Å². The summed E-state index contributed by atoms with van der Waals surface area (Å²) in [5.41, 5.74) is 6.05. The molecule has 32 heavy (non-hydrogen) atoms. The third-order valence-corrected chi connectivity index (χ3v) is 7.55. The van der Waals surface area contributed by atoms with Gasteiger partial charge in [-0.05, 0) is 69.8 Å². The van der Waals surface area contributed by atoms with Gasteiger partial charge in [-0.2, -0.15) is 0 Å². The molecule has 3 saturated heterocycles. The first-order valence-corrected chi connectivity index (χ1v) is 11.8. The first kappa shape index (κ1) is 21.4. The molecule has 3 fully saturated rings. The molecule has 2 bridgehead atoms. The number of fused-ring (bicyclic) bond motifs is 3. The molecular weight excluding hydrogens is 396 g/mol. The molecule has 3 aliphatic rings. The Labute approximate surface area is 191 Å². The SMILES string of the molecule is C.Cc1cccnc1[C@@H]1CCC[C@H](c2nc3c(N4C5CCC4CN(C)C5)cccc3[nH]2)N1. The normalized spacial score (nSPS) is 28.1. The van der Waals surface area contributed by atoms with E-state index in [0.717, 1.165) is 42.8 Å². The van der Waals surface area contributed by atoms with Crippen LogP contribution in [0.5, 0.6) is 0 Å². The second-order valence-electron chi connectivity index (χ2n) is 9.72. The number of H-pyrrole nitrogens is 1. The van der Waals surface area contributed by atoms with Crippen LogP contribution >= 0.6 is 0 Å². The molecule has 4 atom stereocenters. The van der Waals surface area contributed by atoms with E-state index in [1.54, 1.807) is 0 Å². The Morgan fingerprint density at radius 3 is 2.53 bits per heavy atom. The molecule has 0 saturated carbocycles. The number of piperidine rings is 1. The summed E-state index contributed by atoms with van der Waals surface area (Å²) >= 11 is 0. The Bertz CT molecular complexity index is 1080. The summed E-state index contributed by atoms with van der Waals surface area (Å²) < 4.78 is 0. The molecule has 3 aliphatic heterocycles. The Kier molecular flexibility index (Phi) is 5.68. The zero-order valence-corrected chi connectivity index (χ0v) is 18.5. The number of benzene rings is 1. The van der Waals surface area contributed by atoms with E-state index in [1.165, 1.54) is 36.2 Å². The maximum absolute atomic E-state index is 5.18. The number of nitrogens with zero attached hydrogens (tertiary/aromatic N) is 4. The molecule has 3 aromatic rings. The average molecular weight is 433 g/mol. The molecule has 0 spiro atoms. The van der Waals surface area contributed by atoms with Gasteiger partial charge in [-0.15, -0.1) is 0 Å². The predicted molar refractivity (Wildman–Crippen MR) is 131 cm³/mol. The van der Waals surface area contributed by atoms with E-state index in [0.29, 0.717) is 18.1 Å². The fourth-order valence-corrected chi connectivity index (χ4v) is 6.15. The molecule has 2 N–H and O–H groups in total. The highest BCUT2D eigenvalue weighted by atomic mass is 15.3. The number of aromatic nitrogens is 3. The van der Waals surface area contributed by atoms with Crippen molar-refractivity contribution in [3.05, 3.63) is 53.6 Å². The summed E-state index contributed by atoms with van der Waals surface area (Å²) in [7, 11) is 2.25. The van der Waals surface area contributed by atoms with Gasteiger partial charge in [0.1, 0.15) is 11.3 Å². The summed E-state index contributed by atoms with van der Waals surface area (Å²) in [6.45, 7) is 4.46. The minimum absolute atomic E-state index is 0. The van der Waals surface area contributed by atoms with E-state index in [-0.39, 0.29) is 13.5 Å². The number of aryl methyl sites for hydroxylation is 1. The molecule has 170 valence electrons. The van der Waals surface area contributed by atoms with Crippen molar-refractivity contribution in [3.8, 4) is 0 Å². The lowest BCUT2D eigenvalue weighted by Gasteiger charge is -2.41. The molecule has 6 rings (SSSR count). The summed E-state index contributed by atoms with van der Waals surface area (Å²) in [5.74, 6) is 1.07. The lowest BCUT2D eigenvalue weighted by Crippen LogP contribution is -2.52. The predicted octanol–water partition coefficient (Wildman–Crippen LogP) is 4.74. The molecule has 2 aromatic heterocycles. The van der Waals surface area contributed by atoms with Crippen molar-refractivity contribution >= 4 is 16.7 Å². The Balaban J connectivity index is 0.00000216. The molecule has 6 heteroatoms. The molecule has 6 nitrogen and oxygen atoms in total. The molecule has 1 aromatic carbocycles. The number of anilines is 1. The van der Waals surface area contributed by atoms with E-state index in [2.05, 4.69) is 63.3 Å². The summed E-state index contributed by atoms with van der Waals surface area (Å²) in [6, 6.07) is 12.6. The van der Waals surface area contributed by atoms with Gasteiger partial charge >= 0.3 is 0 Å². The number of likely N-dealkylation sites (N-methyl/N-ethyl adjacent to an activating group) is 1. The van der Waals surface area contributed by atoms with Crippen molar-refractivity contribution in [2.45, 2.75) is 70.6 Å². The molecule has 0 radical (unpaired) electrons. The number of piperazine rings is 1. The van der Waals surface area contributed by atoms with E-state index < -0.39 is 0 Å². The van der Waals surface area contributed by atoms with Crippen molar-refractivity contribution in [3.63, 3.8) is 0 Å². The molecule has 0 amide bonds. The van der Waals surface area contributed by atoms with Gasteiger partial charge in [0.2, 0.25) is 0 Å². The summed E-state index contributed by atoms with van der Waals surface area (Å²) in [6.07, 6.45) is 7.91. The van der Waals surface area contributed by atoms with Crippen LogP contribution < -0.4 is 10.2 Å². The first-order chi connectivity index (χ1) is 15.2.